The molecule has 0 saturated carbocycles. The summed E-state index contributed by atoms with van der Waals surface area (Å²) >= 11 is 8.76. The molecule has 0 aliphatic heterocycles. The first kappa shape index (κ1) is 10.8. The molecule has 1 aromatic rings. The second kappa shape index (κ2) is 4.26. The van der Waals surface area contributed by atoms with Crippen LogP contribution in [-0.4, -0.2) is 11.8 Å². The van der Waals surface area contributed by atoms with Crippen molar-refractivity contribution in [2.24, 2.45) is 5.73 Å². The first-order valence-electron chi connectivity index (χ1n) is 3.56. The number of halogens is 3. The monoisotopic (exact) mass is 267 g/mol. The fraction of sp³-hybridized carbons (Fsp3) is 0.250. The summed E-state index contributed by atoms with van der Waals surface area (Å²) in [5.41, 5.74) is 5.76. The molecule has 5 heteroatoms. The number of phenols is 1. The quantitative estimate of drug-likeness (QED) is 0.866. The Morgan fingerprint density at radius 1 is 1.62 bits per heavy atom. The zero-order valence-electron chi connectivity index (χ0n) is 6.60. The Balaban J connectivity index is 3.18. The third-order valence-corrected chi connectivity index (χ3v) is 3.01. The summed E-state index contributed by atoms with van der Waals surface area (Å²) in [6.45, 7) is -0.721. The molecule has 1 rings (SSSR count). The number of hydrogen-bond donors (Lipinski definition) is 2. The first-order chi connectivity index (χ1) is 6.07. The van der Waals surface area contributed by atoms with Crippen LogP contribution >= 0.6 is 27.5 Å². The van der Waals surface area contributed by atoms with E-state index in [0.717, 1.165) is 0 Å². The molecule has 1 atom stereocenters. The Bertz CT molecular complexity index is 321. The van der Waals surface area contributed by atoms with Crippen LogP contribution in [0.3, 0.4) is 0 Å². The lowest BCUT2D eigenvalue weighted by Crippen LogP contribution is -2.12. The fourth-order valence-electron chi connectivity index (χ4n) is 0.937. The van der Waals surface area contributed by atoms with Gasteiger partial charge in [-0.25, -0.2) is 4.39 Å². The summed E-state index contributed by atoms with van der Waals surface area (Å²) in [4.78, 5) is 0. The van der Waals surface area contributed by atoms with E-state index in [2.05, 4.69) is 15.9 Å². The maximum Gasteiger partial charge on any atom is 0.136 e. The van der Waals surface area contributed by atoms with Crippen molar-refractivity contribution in [1.82, 2.24) is 0 Å². The molecule has 0 radical (unpaired) electrons. The normalized spacial score (nSPS) is 12.9. The molecular weight excluding hydrogens is 260 g/mol. The van der Waals surface area contributed by atoms with Crippen molar-refractivity contribution in [3.8, 4) is 5.75 Å². The van der Waals surface area contributed by atoms with E-state index in [0.29, 0.717) is 15.1 Å². The number of phenolic OH excluding ortho intramolecular Hbond substituents is 1. The van der Waals surface area contributed by atoms with Crippen LogP contribution < -0.4 is 5.73 Å². The smallest absolute Gasteiger partial charge is 0.136 e. The third kappa shape index (κ3) is 2.13. The van der Waals surface area contributed by atoms with Gasteiger partial charge in [0.1, 0.15) is 12.4 Å². The average molecular weight is 269 g/mol. The lowest BCUT2D eigenvalue weighted by molar-refractivity contribution is 0.413. The summed E-state index contributed by atoms with van der Waals surface area (Å²) in [6, 6.07) is 2.25. The minimum Gasteiger partial charge on any atom is -0.506 e. The van der Waals surface area contributed by atoms with Crippen molar-refractivity contribution >= 4 is 27.5 Å². The van der Waals surface area contributed by atoms with Crippen LogP contribution in [-0.2, 0) is 0 Å². The van der Waals surface area contributed by atoms with Gasteiger partial charge >= 0.3 is 0 Å². The molecule has 0 unspecified atom stereocenters. The van der Waals surface area contributed by atoms with Gasteiger partial charge in [0.05, 0.1) is 15.5 Å². The highest BCUT2D eigenvalue weighted by Gasteiger charge is 2.14. The highest BCUT2D eigenvalue weighted by molar-refractivity contribution is 9.10. The van der Waals surface area contributed by atoms with E-state index in [4.69, 9.17) is 17.3 Å². The van der Waals surface area contributed by atoms with E-state index in [9.17, 15) is 9.50 Å². The fourth-order valence-corrected chi connectivity index (χ4v) is 1.45. The number of hydrogen-bond acceptors (Lipinski definition) is 2. The van der Waals surface area contributed by atoms with Gasteiger partial charge in [-0.2, -0.15) is 0 Å². The summed E-state index contributed by atoms with van der Waals surface area (Å²) < 4.78 is 12.5. The molecule has 0 saturated heterocycles. The van der Waals surface area contributed by atoms with E-state index in [1.54, 1.807) is 6.07 Å². The summed E-state index contributed by atoms with van der Waals surface area (Å²) in [6.07, 6.45) is 0. The van der Waals surface area contributed by atoms with Crippen LogP contribution in [0.1, 0.15) is 11.6 Å². The number of rotatable bonds is 2. The van der Waals surface area contributed by atoms with E-state index in [-0.39, 0.29) is 5.75 Å². The SMILES string of the molecule is N[C@H](CF)c1ccc(Cl)c(Br)c1O. The van der Waals surface area contributed by atoms with Crippen molar-refractivity contribution in [1.29, 1.82) is 0 Å². The lowest BCUT2D eigenvalue weighted by atomic mass is 10.1. The van der Waals surface area contributed by atoms with Crippen LogP contribution in [0.25, 0.3) is 0 Å². The van der Waals surface area contributed by atoms with Crippen molar-refractivity contribution in [2.75, 3.05) is 6.67 Å². The summed E-state index contributed by atoms with van der Waals surface area (Å²) in [5, 5.41) is 9.87. The molecule has 0 amide bonds. The molecular formula is C8H8BrClFNO. The second-order valence-electron chi connectivity index (χ2n) is 2.56. The number of alkyl halides is 1. The Morgan fingerprint density at radius 2 is 2.23 bits per heavy atom. The van der Waals surface area contributed by atoms with E-state index < -0.39 is 12.7 Å². The molecule has 0 aliphatic rings. The number of aromatic hydroxyl groups is 1. The number of nitrogens with two attached hydrogens (primary N) is 1. The van der Waals surface area contributed by atoms with Crippen LogP contribution in [0, 0.1) is 0 Å². The zero-order chi connectivity index (χ0) is 10.0. The van der Waals surface area contributed by atoms with Crippen LogP contribution in [0.4, 0.5) is 4.39 Å². The highest BCUT2D eigenvalue weighted by Crippen LogP contribution is 2.36. The van der Waals surface area contributed by atoms with Crippen molar-refractivity contribution in [3.63, 3.8) is 0 Å². The molecule has 0 fully saturated rings. The largest absolute Gasteiger partial charge is 0.506 e. The van der Waals surface area contributed by atoms with Crippen LogP contribution in [0.15, 0.2) is 16.6 Å². The van der Waals surface area contributed by atoms with Gasteiger partial charge in [-0.05, 0) is 22.0 Å². The van der Waals surface area contributed by atoms with Gasteiger partial charge in [-0.3, -0.25) is 0 Å². The Labute approximate surface area is 88.6 Å². The van der Waals surface area contributed by atoms with E-state index >= 15 is 0 Å². The minimum atomic E-state index is -0.812. The Hall–Kier alpha value is -0.320. The maximum atomic E-state index is 12.2. The molecule has 72 valence electrons. The first-order valence-corrected chi connectivity index (χ1v) is 4.73. The maximum absolute atomic E-state index is 12.2. The standard InChI is InChI=1S/C8H8BrClFNO/c9-7-5(10)2-1-4(8(7)13)6(12)3-11/h1-2,6,13H,3,12H2/t6-/m1/s1. The predicted molar refractivity (Wildman–Crippen MR) is 53.7 cm³/mol. The van der Waals surface area contributed by atoms with Gasteiger partial charge in [0.15, 0.2) is 0 Å². The lowest BCUT2D eigenvalue weighted by Gasteiger charge is -2.11. The van der Waals surface area contributed by atoms with E-state index in [1.165, 1.54) is 6.07 Å². The molecule has 0 bridgehead atoms. The molecule has 3 N–H and O–H groups in total. The molecule has 1 aromatic carbocycles. The molecule has 2 nitrogen and oxygen atoms in total. The van der Waals surface area contributed by atoms with Gasteiger partial charge < -0.3 is 10.8 Å². The molecule has 0 aromatic heterocycles. The van der Waals surface area contributed by atoms with Gasteiger partial charge in [0, 0.05) is 5.56 Å². The van der Waals surface area contributed by atoms with E-state index in [1.807, 2.05) is 0 Å². The third-order valence-electron chi connectivity index (χ3n) is 1.67. The summed E-state index contributed by atoms with van der Waals surface area (Å²) in [7, 11) is 0. The minimum absolute atomic E-state index is 0.0994. The topological polar surface area (TPSA) is 46.2 Å². The Morgan fingerprint density at radius 3 is 2.77 bits per heavy atom. The van der Waals surface area contributed by atoms with Crippen molar-refractivity contribution in [2.45, 2.75) is 6.04 Å². The highest BCUT2D eigenvalue weighted by atomic mass is 79.9. The molecule has 0 aliphatic carbocycles. The van der Waals surface area contributed by atoms with Gasteiger partial charge in [0.25, 0.3) is 0 Å². The molecule has 13 heavy (non-hydrogen) atoms. The molecule has 0 heterocycles. The second-order valence-corrected chi connectivity index (χ2v) is 3.76. The molecule has 0 spiro atoms. The zero-order valence-corrected chi connectivity index (χ0v) is 8.94. The average Bonchev–Trinajstić information content (AvgIpc) is 2.13. The number of benzene rings is 1. The van der Waals surface area contributed by atoms with Gasteiger partial charge in [-0.15, -0.1) is 0 Å². The van der Waals surface area contributed by atoms with Gasteiger partial charge in [0.2, 0.25) is 0 Å². The van der Waals surface area contributed by atoms with Crippen LogP contribution in [0.2, 0.25) is 5.02 Å². The van der Waals surface area contributed by atoms with Gasteiger partial charge in [-0.1, -0.05) is 17.7 Å². The van der Waals surface area contributed by atoms with Crippen LogP contribution in [0.5, 0.6) is 5.75 Å². The Kier molecular flexibility index (Phi) is 3.53. The predicted octanol–water partition coefficient (Wildman–Crippen LogP) is 2.78. The van der Waals surface area contributed by atoms with Crippen molar-refractivity contribution < 1.29 is 9.50 Å². The summed E-state index contributed by atoms with van der Waals surface area (Å²) in [5.74, 6) is -0.0994. The van der Waals surface area contributed by atoms with Crippen molar-refractivity contribution in [3.05, 3.63) is 27.2 Å².